The van der Waals surface area contributed by atoms with E-state index < -0.39 is 5.54 Å². The number of hydrogen-bond donors (Lipinski definition) is 2. The van der Waals surface area contributed by atoms with E-state index >= 15 is 0 Å². The van der Waals surface area contributed by atoms with E-state index in [-0.39, 0.29) is 38.1 Å². The Hall–Kier alpha value is -4.86. The number of nitrogens with one attached hydrogen (secondary N) is 1. The van der Waals surface area contributed by atoms with Crippen LogP contribution < -0.4 is 19.9 Å². The van der Waals surface area contributed by atoms with Crippen molar-refractivity contribution in [3.05, 3.63) is 119 Å². The first-order chi connectivity index (χ1) is 24.4. The number of hydrogen-bond acceptors (Lipinski definition) is 7. The van der Waals surface area contributed by atoms with E-state index in [4.69, 9.17) is 4.74 Å². The third-order valence-electron chi connectivity index (χ3n) is 10.1. The Bertz CT molecular complexity index is 1740. The summed E-state index contributed by atoms with van der Waals surface area (Å²) in [5.74, 6) is 1.20. The smallest absolute Gasteiger partial charge is 0.255 e. The van der Waals surface area contributed by atoms with Crippen LogP contribution >= 0.6 is 0 Å². The fraction of sp³-hybridized carbons (Fsp3) is 0.366. The van der Waals surface area contributed by atoms with Crippen LogP contribution in [0, 0.1) is 0 Å². The molecule has 0 atom stereocenters. The minimum Gasteiger partial charge on any atom is -0.456 e. The number of carbonyl (C=O) groups is 2. The molecule has 2 aliphatic rings. The molecule has 9 heteroatoms. The van der Waals surface area contributed by atoms with Gasteiger partial charge in [0.15, 0.2) is 0 Å². The lowest BCUT2D eigenvalue weighted by molar-refractivity contribution is -0.122. The Kier molecular flexibility index (Phi) is 10.7. The zero-order valence-corrected chi connectivity index (χ0v) is 29.7. The molecular formula is C41H49N5O4. The number of rotatable bonds is 15. The summed E-state index contributed by atoms with van der Waals surface area (Å²) < 4.78 is 6.79. The minimum absolute atomic E-state index is 0.0456. The molecule has 50 heavy (non-hydrogen) atoms. The Morgan fingerprint density at radius 2 is 1.36 bits per heavy atom. The third-order valence-corrected chi connectivity index (χ3v) is 10.1. The highest BCUT2D eigenvalue weighted by Crippen LogP contribution is 2.58. The quantitative estimate of drug-likeness (QED) is 0.164. The highest BCUT2D eigenvalue weighted by Gasteiger charge is 2.56. The number of aliphatic hydroxyl groups excluding tert-OH is 1. The fourth-order valence-electron chi connectivity index (χ4n) is 7.66. The van der Waals surface area contributed by atoms with Crippen molar-refractivity contribution in [2.75, 3.05) is 68.8 Å². The second kappa shape index (κ2) is 15.4. The van der Waals surface area contributed by atoms with Gasteiger partial charge in [0.05, 0.1) is 13.2 Å². The first kappa shape index (κ1) is 35.0. The third kappa shape index (κ3) is 6.43. The van der Waals surface area contributed by atoms with Crippen LogP contribution in [0.2, 0.25) is 0 Å². The summed E-state index contributed by atoms with van der Waals surface area (Å²) in [5, 5.41) is 12.8. The number of aliphatic hydroxyl groups is 1. The molecule has 262 valence electrons. The average molecular weight is 676 g/mol. The number of carbonyl (C=O) groups excluding carboxylic acids is 2. The average Bonchev–Trinajstić information content (AvgIpc) is 3.37. The molecule has 4 aromatic carbocycles. The summed E-state index contributed by atoms with van der Waals surface area (Å²) in [7, 11) is 0. The van der Waals surface area contributed by atoms with Crippen LogP contribution in [0.1, 0.15) is 60.3 Å². The summed E-state index contributed by atoms with van der Waals surface area (Å²) >= 11 is 0. The molecule has 2 aliphatic heterocycles. The maximum Gasteiger partial charge on any atom is 0.255 e. The van der Waals surface area contributed by atoms with Crippen LogP contribution in [-0.2, 0) is 16.9 Å². The van der Waals surface area contributed by atoms with Gasteiger partial charge in [-0.25, -0.2) is 0 Å². The van der Waals surface area contributed by atoms with Crippen molar-refractivity contribution in [3.8, 4) is 11.5 Å². The lowest BCUT2D eigenvalue weighted by atomic mass is 9.74. The van der Waals surface area contributed by atoms with Crippen LogP contribution in [0.15, 0.2) is 91.0 Å². The summed E-state index contributed by atoms with van der Waals surface area (Å²) in [4.78, 5) is 36.2. The van der Waals surface area contributed by atoms with Crippen LogP contribution in [0.4, 0.5) is 11.4 Å². The molecule has 0 unspecified atom stereocenters. The van der Waals surface area contributed by atoms with Crippen molar-refractivity contribution in [1.82, 2.24) is 15.1 Å². The van der Waals surface area contributed by atoms with Crippen molar-refractivity contribution in [1.29, 1.82) is 0 Å². The van der Waals surface area contributed by atoms with E-state index in [0.717, 1.165) is 71.3 Å². The number of benzene rings is 4. The molecule has 0 fully saturated rings. The SMILES string of the molecule is CCN(CC)c1ccc2c(c1)Oc1cc(N(CC)CC)ccc1C21c2ccccc2C(=O)N1CCNC(=O)CN(CCO)Cc1ccccc1. The van der Waals surface area contributed by atoms with E-state index in [0.29, 0.717) is 18.7 Å². The molecular weight excluding hydrogens is 626 g/mol. The molecule has 1 spiro atoms. The molecule has 2 heterocycles. The van der Waals surface area contributed by atoms with Gasteiger partial charge in [0.1, 0.15) is 17.0 Å². The number of anilines is 2. The maximum atomic E-state index is 14.5. The number of nitrogens with zero attached hydrogens (tertiary/aromatic N) is 4. The number of ether oxygens (including phenoxy) is 1. The number of fused-ring (bicyclic) bond motifs is 6. The molecule has 0 radical (unpaired) electrons. The normalized spacial score (nSPS) is 13.9. The first-order valence-corrected chi connectivity index (χ1v) is 17.9. The zero-order valence-electron chi connectivity index (χ0n) is 29.7. The number of amides is 2. The van der Waals surface area contributed by atoms with Crippen LogP contribution in [0.25, 0.3) is 0 Å². The lowest BCUT2D eigenvalue weighted by Gasteiger charge is -2.45. The molecule has 4 aromatic rings. The Labute approximate surface area is 296 Å². The molecule has 0 aromatic heterocycles. The van der Waals surface area contributed by atoms with Gasteiger partial charge in [0.25, 0.3) is 5.91 Å². The molecule has 9 nitrogen and oxygen atoms in total. The van der Waals surface area contributed by atoms with E-state index in [9.17, 15) is 14.7 Å². The molecule has 6 rings (SSSR count). The van der Waals surface area contributed by atoms with Gasteiger partial charge >= 0.3 is 0 Å². The Morgan fingerprint density at radius 3 is 1.94 bits per heavy atom. The topological polar surface area (TPSA) is 88.6 Å². The van der Waals surface area contributed by atoms with Gasteiger partial charge in [0, 0.05) is 92.6 Å². The predicted octanol–water partition coefficient (Wildman–Crippen LogP) is 5.84. The van der Waals surface area contributed by atoms with E-state index in [2.05, 4.69) is 85.3 Å². The summed E-state index contributed by atoms with van der Waals surface area (Å²) in [6.45, 7) is 13.6. The summed E-state index contributed by atoms with van der Waals surface area (Å²) in [6.07, 6.45) is 0. The summed E-state index contributed by atoms with van der Waals surface area (Å²) in [6, 6.07) is 30.5. The Morgan fingerprint density at radius 1 is 0.780 bits per heavy atom. The first-order valence-electron chi connectivity index (χ1n) is 17.9. The van der Waals surface area contributed by atoms with Gasteiger partial charge in [-0.1, -0.05) is 60.7 Å². The molecule has 2 N–H and O–H groups in total. The zero-order chi connectivity index (χ0) is 35.3. The highest BCUT2D eigenvalue weighted by molar-refractivity contribution is 6.02. The maximum absolute atomic E-state index is 14.5. The van der Waals surface area contributed by atoms with Crippen LogP contribution in [0.3, 0.4) is 0 Å². The van der Waals surface area contributed by atoms with Gasteiger partial charge in [-0.15, -0.1) is 0 Å². The fourth-order valence-corrected chi connectivity index (χ4v) is 7.66. The van der Waals surface area contributed by atoms with Crippen molar-refractivity contribution < 1.29 is 19.4 Å². The molecule has 0 aliphatic carbocycles. The van der Waals surface area contributed by atoms with E-state index in [1.54, 1.807) is 0 Å². The monoisotopic (exact) mass is 675 g/mol. The molecule has 2 amide bonds. The van der Waals surface area contributed by atoms with Crippen molar-refractivity contribution in [2.45, 2.75) is 39.8 Å². The standard InChI is InChI=1S/C41H49N5O4/c1-5-44(6-2)31-18-20-35-37(26-31)50-38-27-32(45(7-3)8-4)19-21-36(38)41(35)34-17-13-12-16-33(34)40(49)46(41)23-22-42-39(48)29-43(24-25-47)28-30-14-10-9-11-15-30/h9-21,26-27,47H,5-8,22-25,28-29H2,1-4H3,(H,42,48). The van der Waals surface area contributed by atoms with Crippen molar-refractivity contribution in [3.63, 3.8) is 0 Å². The highest BCUT2D eigenvalue weighted by atomic mass is 16.5. The van der Waals surface area contributed by atoms with E-state index in [1.807, 2.05) is 58.3 Å². The minimum atomic E-state index is -0.957. The Balaban J connectivity index is 1.37. The second-order valence-corrected chi connectivity index (χ2v) is 12.8. The summed E-state index contributed by atoms with van der Waals surface area (Å²) in [5.41, 5.74) is 5.59. The van der Waals surface area contributed by atoms with Crippen LogP contribution in [0.5, 0.6) is 11.5 Å². The molecule has 0 saturated carbocycles. The molecule has 0 saturated heterocycles. The van der Waals surface area contributed by atoms with Gasteiger partial charge in [-0.05, 0) is 57.0 Å². The van der Waals surface area contributed by atoms with Gasteiger partial charge in [-0.2, -0.15) is 0 Å². The van der Waals surface area contributed by atoms with Crippen LogP contribution in [-0.4, -0.2) is 85.7 Å². The largest absolute Gasteiger partial charge is 0.456 e. The van der Waals surface area contributed by atoms with Crippen molar-refractivity contribution >= 4 is 23.2 Å². The van der Waals surface area contributed by atoms with Gasteiger partial charge in [0.2, 0.25) is 5.91 Å². The second-order valence-electron chi connectivity index (χ2n) is 12.8. The molecule has 0 bridgehead atoms. The van der Waals surface area contributed by atoms with Gasteiger partial charge < -0.3 is 29.9 Å². The van der Waals surface area contributed by atoms with Gasteiger partial charge in [-0.3, -0.25) is 14.5 Å². The van der Waals surface area contributed by atoms with E-state index in [1.165, 1.54) is 0 Å². The predicted molar refractivity (Wildman–Crippen MR) is 199 cm³/mol. The lowest BCUT2D eigenvalue weighted by Crippen LogP contribution is -2.50. The van der Waals surface area contributed by atoms with Crippen molar-refractivity contribution in [2.24, 2.45) is 0 Å².